The van der Waals surface area contributed by atoms with Crippen molar-refractivity contribution in [3.05, 3.63) is 83.4 Å². The molecule has 0 saturated carbocycles. The summed E-state index contributed by atoms with van der Waals surface area (Å²) in [6, 6.07) is 18.5. The van der Waals surface area contributed by atoms with Crippen molar-refractivity contribution in [3.8, 4) is 17.1 Å². The highest BCUT2D eigenvalue weighted by atomic mass is 32.1. The molecule has 0 saturated heterocycles. The van der Waals surface area contributed by atoms with Crippen LogP contribution < -0.4 is 15.0 Å². The van der Waals surface area contributed by atoms with Gasteiger partial charge in [0.1, 0.15) is 11.4 Å². The molecule has 4 aromatic rings. The highest BCUT2D eigenvalue weighted by molar-refractivity contribution is 7.14. The predicted molar refractivity (Wildman–Crippen MR) is 126 cm³/mol. The molecule has 0 radical (unpaired) electrons. The van der Waals surface area contributed by atoms with Gasteiger partial charge in [-0.1, -0.05) is 12.1 Å². The SMILES string of the molecule is Cc1cc(C(=O)Oc2cccc(Nc3nc(-c4ccccn4)cs3)c2)ccc1N(C)C. The molecule has 0 fully saturated rings. The van der Waals surface area contributed by atoms with Gasteiger partial charge in [0.25, 0.3) is 0 Å². The molecular formula is C24H22N4O2S. The van der Waals surface area contributed by atoms with E-state index in [9.17, 15) is 4.79 Å². The van der Waals surface area contributed by atoms with Crippen LogP contribution in [-0.2, 0) is 0 Å². The largest absolute Gasteiger partial charge is 0.423 e. The van der Waals surface area contributed by atoms with Gasteiger partial charge in [0.15, 0.2) is 5.13 Å². The number of hydrogen-bond acceptors (Lipinski definition) is 7. The number of carbonyl (C=O) groups excluding carboxylic acids is 1. The molecule has 0 aliphatic heterocycles. The van der Waals surface area contributed by atoms with Crippen molar-refractivity contribution in [2.75, 3.05) is 24.3 Å². The van der Waals surface area contributed by atoms with Crippen molar-refractivity contribution in [1.82, 2.24) is 9.97 Å². The van der Waals surface area contributed by atoms with E-state index in [1.54, 1.807) is 24.4 Å². The van der Waals surface area contributed by atoms with Gasteiger partial charge >= 0.3 is 5.97 Å². The molecule has 0 spiro atoms. The molecule has 0 atom stereocenters. The number of rotatable bonds is 6. The molecule has 6 nitrogen and oxygen atoms in total. The molecule has 31 heavy (non-hydrogen) atoms. The fraction of sp³-hybridized carbons (Fsp3) is 0.125. The predicted octanol–water partition coefficient (Wildman–Crippen LogP) is 5.54. The van der Waals surface area contributed by atoms with Crippen molar-refractivity contribution in [3.63, 3.8) is 0 Å². The van der Waals surface area contributed by atoms with Crippen LogP contribution >= 0.6 is 11.3 Å². The Kier molecular flexibility index (Phi) is 5.95. The van der Waals surface area contributed by atoms with Crippen LogP contribution in [0.3, 0.4) is 0 Å². The molecule has 7 heteroatoms. The molecule has 0 unspecified atom stereocenters. The van der Waals surface area contributed by atoms with E-state index < -0.39 is 5.97 Å². The summed E-state index contributed by atoms with van der Waals surface area (Å²) in [4.78, 5) is 23.5. The second kappa shape index (κ2) is 8.97. The van der Waals surface area contributed by atoms with Gasteiger partial charge in [-0.2, -0.15) is 0 Å². The fourth-order valence-corrected chi connectivity index (χ4v) is 3.90. The molecule has 4 rings (SSSR count). The minimum absolute atomic E-state index is 0.391. The molecule has 156 valence electrons. The lowest BCUT2D eigenvalue weighted by atomic mass is 10.1. The maximum absolute atomic E-state index is 12.6. The minimum atomic E-state index is -0.391. The highest BCUT2D eigenvalue weighted by Crippen LogP contribution is 2.28. The Morgan fingerprint density at radius 2 is 1.90 bits per heavy atom. The van der Waals surface area contributed by atoms with Crippen molar-refractivity contribution in [2.24, 2.45) is 0 Å². The number of benzene rings is 2. The number of anilines is 3. The average molecular weight is 431 g/mol. The summed E-state index contributed by atoms with van der Waals surface area (Å²) in [6.07, 6.45) is 1.75. The van der Waals surface area contributed by atoms with Gasteiger partial charge in [0.05, 0.1) is 11.3 Å². The summed E-state index contributed by atoms with van der Waals surface area (Å²) in [5.41, 5.74) is 5.02. The Bertz CT molecular complexity index is 1210. The van der Waals surface area contributed by atoms with Gasteiger partial charge in [0, 0.05) is 43.1 Å². The number of aryl methyl sites for hydroxylation is 1. The first-order valence-corrected chi connectivity index (χ1v) is 10.6. The zero-order valence-corrected chi connectivity index (χ0v) is 18.3. The number of carbonyl (C=O) groups is 1. The molecule has 2 aromatic carbocycles. The lowest BCUT2D eigenvalue weighted by Gasteiger charge is -2.16. The van der Waals surface area contributed by atoms with Crippen LogP contribution in [0.15, 0.2) is 72.2 Å². The average Bonchev–Trinajstić information content (AvgIpc) is 3.22. The van der Waals surface area contributed by atoms with Crippen molar-refractivity contribution in [2.45, 2.75) is 6.92 Å². The summed E-state index contributed by atoms with van der Waals surface area (Å²) < 4.78 is 5.59. The molecule has 1 N–H and O–H groups in total. The number of hydrogen-bond donors (Lipinski definition) is 1. The summed E-state index contributed by atoms with van der Waals surface area (Å²) >= 11 is 1.49. The second-order valence-corrected chi connectivity index (χ2v) is 8.05. The molecule has 2 aromatic heterocycles. The maximum atomic E-state index is 12.6. The molecule has 2 heterocycles. The van der Waals surface area contributed by atoms with E-state index in [0.29, 0.717) is 11.3 Å². The monoisotopic (exact) mass is 430 g/mol. The second-order valence-electron chi connectivity index (χ2n) is 7.19. The standard InChI is InChI=1S/C24H22N4O2S/c1-16-13-17(10-11-22(16)28(2)3)23(29)30-19-8-6-7-18(14-19)26-24-27-21(15-31-24)20-9-4-5-12-25-20/h4-15H,1-3H3,(H,26,27). The molecule has 0 bridgehead atoms. The lowest BCUT2D eigenvalue weighted by Crippen LogP contribution is -2.13. The van der Waals surface area contributed by atoms with E-state index in [-0.39, 0.29) is 0 Å². The van der Waals surface area contributed by atoms with E-state index in [4.69, 9.17) is 4.74 Å². The van der Waals surface area contributed by atoms with Crippen molar-refractivity contribution in [1.29, 1.82) is 0 Å². The Balaban J connectivity index is 1.46. The van der Waals surface area contributed by atoms with E-state index in [1.165, 1.54) is 11.3 Å². The number of nitrogens with zero attached hydrogens (tertiary/aromatic N) is 3. The van der Waals surface area contributed by atoms with E-state index in [2.05, 4.69) is 15.3 Å². The van der Waals surface area contributed by atoms with Crippen LogP contribution in [0.2, 0.25) is 0 Å². The van der Waals surface area contributed by atoms with Crippen LogP contribution in [0.1, 0.15) is 15.9 Å². The first-order valence-electron chi connectivity index (χ1n) is 9.74. The molecule has 0 aliphatic rings. The Morgan fingerprint density at radius 3 is 2.65 bits per heavy atom. The van der Waals surface area contributed by atoms with Gasteiger partial charge in [0.2, 0.25) is 0 Å². The summed E-state index contributed by atoms with van der Waals surface area (Å²) in [5.74, 6) is 0.0723. The summed E-state index contributed by atoms with van der Waals surface area (Å²) in [7, 11) is 3.95. The molecular weight excluding hydrogens is 408 g/mol. The zero-order valence-electron chi connectivity index (χ0n) is 17.5. The van der Waals surface area contributed by atoms with Gasteiger partial charge in [-0.3, -0.25) is 4.98 Å². The minimum Gasteiger partial charge on any atom is -0.423 e. The summed E-state index contributed by atoms with van der Waals surface area (Å²) in [6.45, 7) is 1.98. The third kappa shape index (κ3) is 4.90. The Labute approximate surface area is 185 Å². The van der Waals surface area contributed by atoms with Crippen LogP contribution in [0, 0.1) is 6.92 Å². The van der Waals surface area contributed by atoms with Crippen LogP contribution in [-0.4, -0.2) is 30.0 Å². The third-order valence-corrected chi connectivity index (χ3v) is 5.40. The number of pyridine rings is 1. The number of thiazole rings is 1. The number of esters is 1. The van der Waals surface area contributed by atoms with Crippen molar-refractivity contribution >= 4 is 33.8 Å². The van der Waals surface area contributed by atoms with Crippen LogP contribution in [0.25, 0.3) is 11.4 Å². The number of nitrogens with one attached hydrogen (secondary N) is 1. The van der Waals surface area contributed by atoms with E-state index >= 15 is 0 Å². The normalized spacial score (nSPS) is 10.5. The van der Waals surface area contributed by atoms with Gasteiger partial charge in [-0.15, -0.1) is 11.3 Å². The van der Waals surface area contributed by atoms with Crippen molar-refractivity contribution < 1.29 is 9.53 Å². The fourth-order valence-electron chi connectivity index (χ4n) is 3.17. The summed E-state index contributed by atoms with van der Waals surface area (Å²) in [5, 5.41) is 5.95. The van der Waals surface area contributed by atoms with Crippen LogP contribution in [0.4, 0.5) is 16.5 Å². The van der Waals surface area contributed by atoms with E-state index in [1.807, 2.05) is 73.8 Å². The first-order chi connectivity index (χ1) is 15.0. The first kappa shape index (κ1) is 20.6. The van der Waals surface area contributed by atoms with Gasteiger partial charge in [-0.05, 0) is 55.0 Å². The quantitative estimate of drug-likeness (QED) is 0.320. The van der Waals surface area contributed by atoms with Crippen LogP contribution in [0.5, 0.6) is 5.75 Å². The maximum Gasteiger partial charge on any atom is 0.343 e. The van der Waals surface area contributed by atoms with Gasteiger partial charge in [-0.25, -0.2) is 9.78 Å². The Morgan fingerprint density at radius 1 is 1.03 bits per heavy atom. The zero-order chi connectivity index (χ0) is 21.8. The lowest BCUT2D eigenvalue weighted by molar-refractivity contribution is 0.0735. The number of ether oxygens (including phenoxy) is 1. The van der Waals surface area contributed by atoms with Gasteiger partial charge < -0.3 is 15.0 Å². The smallest absolute Gasteiger partial charge is 0.343 e. The molecule has 0 amide bonds. The third-order valence-electron chi connectivity index (χ3n) is 4.64. The topological polar surface area (TPSA) is 67.3 Å². The number of aromatic nitrogens is 2. The molecule has 0 aliphatic carbocycles. The Hall–Kier alpha value is -3.71. The highest BCUT2D eigenvalue weighted by Gasteiger charge is 2.12. The van der Waals surface area contributed by atoms with E-state index in [0.717, 1.165) is 33.5 Å².